The lowest BCUT2D eigenvalue weighted by molar-refractivity contribution is -0.143. The van der Waals surface area contributed by atoms with Crippen molar-refractivity contribution in [1.29, 1.82) is 0 Å². The van der Waals surface area contributed by atoms with Crippen LogP contribution in [0.4, 0.5) is 5.69 Å². The molecule has 1 unspecified atom stereocenters. The van der Waals surface area contributed by atoms with Crippen molar-refractivity contribution in [2.45, 2.75) is 19.9 Å². The number of carbonyl (C=O) groups excluding carboxylic acids is 1. The van der Waals surface area contributed by atoms with Gasteiger partial charge in [-0.15, -0.1) is 0 Å². The van der Waals surface area contributed by atoms with E-state index in [2.05, 4.69) is 17.4 Å². The van der Waals surface area contributed by atoms with Crippen molar-refractivity contribution in [3.8, 4) is 11.1 Å². The number of hydrogen-bond donors (Lipinski definition) is 1. The van der Waals surface area contributed by atoms with Gasteiger partial charge in [0.05, 0.1) is 6.61 Å². The van der Waals surface area contributed by atoms with Gasteiger partial charge >= 0.3 is 5.97 Å². The van der Waals surface area contributed by atoms with Crippen LogP contribution in [0.25, 0.3) is 11.1 Å². The normalized spacial score (nSPS) is 11.7. The Morgan fingerprint density at radius 1 is 1.05 bits per heavy atom. The van der Waals surface area contributed by atoms with Gasteiger partial charge in [0.1, 0.15) is 6.04 Å². The fourth-order valence-corrected chi connectivity index (χ4v) is 1.97. The van der Waals surface area contributed by atoms with E-state index in [1.165, 1.54) is 5.56 Å². The van der Waals surface area contributed by atoms with Crippen molar-refractivity contribution < 1.29 is 9.53 Å². The minimum atomic E-state index is -0.350. The average molecular weight is 269 g/mol. The zero-order valence-electron chi connectivity index (χ0n) is 11.8. The summed E-state index contributed by atoms with van der Waals surface area (Å²) in [6.45, 7) is 4.00. The topological polar surface area (TPSA) is 38.3 Å². The van der Waals surface area contributed by atoms with Crippen molar-refractivity contribution in [2.75, 3.05) is 11.9 Å². The maximum atomic E-state index is 11.6. The number of carbonyl (C=O) groups is 1. The van der Waals surface area contributed by atoms with Crippen LogP contribution in [0.2, 0.25) is 0 Å². The molecule has 1 N–H and O–H groups in total. The first-order chi connectivity index (χ1) is 9.70. The van der Waals surface area contributed by atoms with E-state index in [0.717, 1.165) is 11.3 Å². The van der Waals surface area contributed by atoms with Crippen molar-refractivity contribution in [1.82, 2.24) is 0 Å². The highest BCUT2D eigenvalue weighted by Crippen LogP contribution is 2.21. The molecule has 0 aromatic heterocycles. The molecule has 3 nitrogen and oxygen atoms in total. The molecule has 104 valence electrons. The quantitative estimate of drug-likeness (QED) is 0.841. The molecular formula is C17H19NO2. The smallest absolute Gasteiger partial charge is 0.328 e. The van der Waals surface area contributed by atoms with Crippen LogP contribution in [0.5, 0.6) is 0 Å². The molecule has 0 radical (unpaired) electrons. The molecule has 1 atom stereocenters. The lowest BCUT2D eigenvalue weighted by atomic mass is 10.1. The van der Waals surface area contributed by atoms with Crippen LogP contribution in [0.3, 0.4) is 0 Å². The number of anilines is 1. The molecule has 0 aliphatic heterocycles. The molecule has 2 aromatic rings. The van der Waals surface area contributed by atoms with Crippen LogP contribution in [-0.2, 0) is 9.53 Å². The lowest BCUT2D eigenvalue weighted by Crippen LogP contribution is -2.28. The molecule has 2 rings (SSSR count). The Morgan fingerprint density at radius 2 is 1.65 bits per heavy atom. The molecule has 2 aromatic carbocycles. The summed E-state index contributed by atoms with van der Waals surface area (Å²) in [5.74, 6) is -0.236. The van der Waals surface area contributed by atoms with Gasteiger partial charge in [-0.25, -0.2) is 4.79 Å². The molecule has 0 saturated heterocycles. The van der Waals surface area contributed by atoms with Crippen molar-refractivity contribution >= 4 is 11.7 Å². The third kappa shape index (κ3) is 3.60. The van der Waals surface area contributed by atoms with Gasteiger partial charge < -0.3 is 10.1 Å². The summed E-state index contributed by atoms with van der Waals surface area (Å²) in [5, 5.41) is 3.13. The van der Waals surface area contributed by atoms with E-state index < -0.39 is 0 Å². The van der Waals surface area contributed by atoms with Crippen LogP contribution < -0.4 is 5.32 Å². The standard InChI is InChI=1S/C17H19NO2/c1-3-20-17(19)13(2)18-16-11-9-15(10-12-16)14-7-5-4-6-8-14/h4-13,18H,3H2,1-2H3. The number of rotatable bonds is 5. The van der Waals surface area contributed by atoms with Crippen LogP contribution in [0.1, 0.15) is 13.8 Å². The summed E-state index contributed by atoms with van der Waals surface area (Å²) in [5.41, 5.74) is 3.24. The molecule has 0 heterocycles. The van der Waals surface area contributed by atoms with Gasteiger partial charge in [0, 0.05) is 5.69 Å². The van der Waals surface area contributed by atoms with Gasteiger partial charge in [0.25, 0.3) is 0 Å². The number of esters is 1. The molecule has 20 heavy (non-hydrogen) atoms. The Hall–Kier alpha value is -2.29. The van der Waals surface area contributed by atoms with E-state index in [4.69, 9.17) is 4.74 Å². The number of nitrogens with one attached hydrogen (secondary N) is 1. The Kier molecular flexibility index (Phi) is 4.77. The van der Waals surface area contributed by atoms with Gasteiger partial charge in [-0.2, -0.15) is 0 Å². The Balaban J connectivity index is 2.04. The highest BCUT2D eigenvalue weighted by atomic mass is 16.5. The van der Waals surface area contributed by atoms with Crippen LogP contribution in [0.15, 0.2) is 54.6 Å². The SMILES string of the molecule is CCOC(=O)C(C)Nc1ccc(-c2ccccc2)cc1. The first-order valence-corrected chi connectivity index (χ1v) is 6.79. The van der Waals surface area contributed by atoms with E-state index >= 15 is 0 Å². The van der Waals surface area contributed by atoms with Crippen LogP contribution >= 0.6 is 0 Å². The fourth-order valence-electron chi connectivity index (χ4n) is 1.97. The summed E-state index contributed by atoms with van der Waals surface area (Å²) in [6.07, 6.45) is 0. The molecule has 0 saturated carbocycles. The molecule has 0 spiro atoms. The molecule has 0 aliphatic rings. The first-order valence-electron chi connectivity index (χ1n) is 6.79. The maximum absolute atomic E-state index is 11.6. The Bertz CT molecular complexity index is 549. The van der Waals surface area contributed by atoms with Crippen molar-refractivity contribution in [2.24, 2.45) is 0 Å². The Labute approximate surface area is 119 Å². The largest absolute Gasteiger partial charge is 0.464 e. The summed E-state index contributed by atoms with van der Waals surface area (Å²) < 4.78 is 4.97. The minimum absolute atomic E-state index is 0.236. The second-order valence-corrected chi connectivity index (χ2v) is 4.56. The maximum Gasteiger partial charge on any atom is 0.328 e. The third-order valence-electron chi connectivity index (χ3n) is 3.02. The zero-order chi connectivity index (χ0) is 14.4. The number of benzene rings is 2. The molecule has 0 aliphatic carbocycles. The van der Waals surface area contributed by atoms with E-state index in [9.17, 15) is 4.79 Å². The highest BCUT2D eigenvalue weighted by molar-refractivity contribution is 5.79. The summed E-state index contributed by atoms with van der Waals surface area (Å²) >= 11 is 0. The molecule has 0 bridgehead atoms. The van der Waals surface area contributed by atoms with E-state index in [-0.39, 0.29) is 12.0 Å². The fraction of sp³-hybridized carbons (Fsp3) is 0.235. The summed E-state index contributed by atoms with van der Waals surface area (Å²) in [7, 11) is 0. The van der Waals surface area contributed by atoms with Gasteiger partial charge in [-0.3, -0.25) is 0 Å². The van der Waals surface area contributed by atoms with Gasteiger partial charge in [-0.05, 0) is 37.1 Å². The second kappa shape index (κ2) is 6.75. The zero-order valence-corrected chi connectivity index (χ0v) is 11.8. The van der Waals surface area contributed by atoms with Crippen molar-refractivity contribution in [3.63, 3.8) is 0 Å². The molecule has 0 amide bonds. The Morgan fingerprint density at radius 3 is 2.25 bits per heavy atom. The predicted molar refractivity (Wildman–Crippen MR) is 81.6 cm³/mol. The van der Waals surface area contributed by atoms with E-state index in [0.29, 0.717) is 6.61 Å². The van der Waals surface area contributed by atoms with Gasteiger partial charge in [-0.1, -0.05) is 42.5 Å². The van der Waals surface area contributed by atoms with Crippen molar-refractivity contribution in [3.05, 3.63) is 54.6 Å². The molecular weight excluding hydrogens is 250 g/mol. The average Bonchev–Trinajstić information content (AvgIpc) is 2.49. The van der Waals surface area contributed by atoms with Gasteiger partial charge in [0.2, 0.25) is 0 Å². The van der Waals surface area contributed by atoms with Crippen LogP contribution in [0, 0.1) is 0 Å². The number of ether oxygens (including phenoxy) is 1. The summed E-state index contributed by atoms with van der Waals surface area (Å²) in [4.78, 5) is 11.6. The van der Waals surface area contributed by atoms with E-state index in [1.807, 2.05) is 42.5 Å². The second-order valence-electron chi connectivity index (χ2n) is 4.56. The third-order valence-corrected chi connectivity index (χ3v) is 3.02. The minimum Gasteiger partial charge on any atom is -0.464 e. The molecule has 0 fully saturated rings. The first kappa shape index (κ1) is 14.1. The van der Waals surface area contributed by atoms with Crippen LogP contribution in [-0.4, -0.2) is 18.6 Å². The number of hydrogen-bond acceptors (Lipinski definition) is 3. The monoisotopic (exact) mass is 269 g/mol. The molecule has 3 heteroatoms. The van der Waals surface area contributed by atoms with Gasteiger partial charge in [0.15, 0.2) is 0 Å². The van der Waals surface area contributed by atoms with E-state index in [1.54, 1.807) is 13.8 Å². The highest BCUT2D eigenvalue weighted by Gasteiger charge is 2.13. The lowest BCUT2D eigenvalue weighted by Gasteiger charge is -2.14. The predicted octanol–water partition coefficient (Wildman–Crippen LogP) is 3.72. The summed E-state index contributed by atoms with van der Waals surface area (Å²) in [6, 6.07) is 17.8.